The monoisotopic (exact) mass is 476 g/mol. The summed E-state index contributed by atoms with van der Waals surface area (Å²) >= 11 is 0. The normalized spacial score (nSPS) is 20.7. The number of alkyl halides is 3. The first-order chi connectivity index (χ1) is 17.4. The molecule has 33 heavy (non-hydrogen) atoms. The molecule has 1 nitrogen and oxygen atoms in total. The van der Waals surface area contributed by atoms with Crippen molar-refractivity contribution in [3.8, 4) is 16.9 Å². The molecule has 0 atom stereocenters. The average Bonchev–Trinajstić information content (AvgIpc) is 2.84. The van der Waals surface area contributed by atoms with E-state index in [9.17, 15) is 17.6 Å². The highest BCUT2D eigenvalue weighted by molar-refractivity contribution is 5.66. The van der Waals surface area contributed by atoms with Crippen LogP contribution in [0.4, 0.5) is 26.3 Å². The average molecular weight is 477 g/mol. The van der Waals surface area contributed by atoms with Crippen molar-refractivity contribution in [3.05, 3.63) is 53.3 Å². The molecular formula is C26H30F6O. The van der Waals surface area contributed by atoms with Gasteiger partial charge in [0.2, 0.25) is 0 Å². The summed E-state index contributed by atoms with van der Waals surface area (Å²) < 4.78 is 117. The summed E-state index contributed by atoms with van der Waals surface area (Å²) in [5.41, 5.74) is -2.07. The van der Waals surface area contributed by atoms with Gasteiger partial charge in [-0.1, -0.05) is 64.3 Å². The van der Waals surface area contributed by atoms with E-state index in [-0.39, 0.29) is 12.0 Å². The lowest BCUT2D eigenvalue weighted by molar-refractivity contribution is -0.275. The first-order valence-electron chi connectivity index (χ1n) is 13.4. The molecule has 2 aromatic carbocycles. The number of benzene rings is 2. The Morgan fingerprint density at radius 2 is 1.58 bits per heavy atom. The fourth-order valence-corrected chi connectivity index (χ4v) is 4.47. The van der Waals surface area contributed by atoms with Gasteiger partial charge in [-0.3, -0.25) is 0 Å². The largest absolute Gasteiger partial charge is 0.573 e. The Labute approximate surface area is 196 Å². The number of ether oxygens (including phenoxy) is 1. The third-order valence-electron chi connectivity index (χ3n) is 6.24. The van der Waals surface area contributed by atoms with E-state index < -0.39 is 64.9 Å². The van der Waals surface area contributed by atoms with Crippen LogP contribution in [0.1, 0.15) is 75.8 Å². The highest BCUT2D eigenvalue weighted by atomic mass is 19.4. The Bertz CT molecular complexity index is 1080. The minimum Gasteiger partial charge on any atom is -0.403 e. The lowest BCUT2D eigenvalue weighted by Gasteiger charge is -2.28. The van der Waals surface area contributed by atoms with Crippen molar-refractivity contribution in [2.45, 2.75) is 77.5 Å². The second-order valence-electron chi connectivity index (χ2n) is 8.69. The van der Waals surface area contributed by atoms with Gasteiger partial charge in [0.25, 0.3) is 0 Å². The smallest absolute Gasteiger partial charge is 0.403 e. The number of halogens is 6. The van der Waals surface area contributed by atoms with Crippen molar-refractivity contribution in [1.82, 2.24) is 0 Å². The van der Waals surface area contributed by atoms with Gasteiger partial charge in [0, 0.05) is 0 Å². The molecule has 0 N–H and O–H groups in total. The van der Waals surface area contributed by atoms with Crippen LogP contribution in [0.5, 0.6) is 5.75 Å². The third-order valence-corrected chi connectivity index (χ3v) is 6.24. The summed E-state index contributed by atoms with van der Waals surface area (Å²) in [6, 6.07) is -3.86. The van der Waals surface area contributed by atoms with Gasteiger partial charge in [0.1, 0.15) is 11.6 Å². The van der Waals surface area contributed by atoms with Crippen LogP contribution in [0.3, 0.4) is 0 Å². The van der Waals surface area contributed by atoms with Crippen molar-refractivity contribution in [2.75, 3.05) is 0 Å². The van der Waals surface area contributed by atoms with Crippen LogP contribution in [-0.2, 0) is 6.42 Å². The van der Waals surface area contributed by atoms with Crippen LogP contribution >= 0.6 is 0 Å². The lowest BCUT2D eigenvalue weighted by Crippen LogP contribution is -2.17. The second-order valence-corrected chi connectivity index (χ2v) is 8.69. The van der Waals surface area contributed by atoms with Crippen LogP contribution in [0.2, 0.25) is 0 Å². The maximum atomic E-state index is 15.2. The molecule has 1 fully saturated rings. The van der Waals surface area contributed by atoms with Crippen molar-refractivity contribution in [3.63, 3.8) is 0 Å². The van der Waals surface area contributed by atoms with E-state index >= 15 is 8.78 Å². The molecule has 1 saturated carbocycles. The Kier molecular flexibility index (Phi) is 6.92. The summed E-state index contributed by atoms with van der Waals surface area (Å²) in [5, 5.41) is 0. The first kappa shape index (κ1) is 20.2. The zero-order valence-corrected chi connectivity index (χ0v) is 18.5. The molecule has 0 aromatic heterocycles. The van der Waals surface area contributed by atoms with Crippen molar-refractivity contribution in [1.29, 1.82) is 0 Å². The number of aryl methyl sites for hydroxylation is 1. The molecule has 2 aromatic rings. The molecule has 0 radical (unpaired) electrons. The second kappa shape index (κ2) is 11.3. The van der Waals surface area contributed by atoms with Crippen LogP contribution in [-0.4, -0.2) is 6.36 Å². The summed E-state index contributed by atoms with van der Waals surface area (Å²) in [7, 11) is 0. The standard InChI is InChI=1S/C26H30F6O/c1-2-3-4-5-17-6-8-18(9-7-17)10-11-19-14-22(28)25(23(29)15-19)20-12-13-24(21(27)16-20)33-26(30,31)32/h12-18H,2-11H2,1H3/i12D,13D,14D,16D. The third kappa shape index (κ3) is 7.41. The van der Waals surface area contributed by atoms with Gasteiger partial charge < -0.3 is 4.74 Å². The Morgan fingerprint density at radius 3 is 2.21 bits per heavy atom. The maximum Gasteiger partial charge on any atom is 0.573 e. The molecule has 182 valence electrons. The lowest BCUT2D eigenvalue weighted by atomic mass is 9.77. The van der Waals surface area contributed by atoms with Gasteiger partial charge in [-0.05, 0) is 60.0 Å². The van der Waals surface area contributed by atoms with E-state index in [1.54, 1.807) is 0 Å². The van der Waals surface area contributed by atoms with Gasteiger partial charge in [0.15, 0.2) is 11.6 Å². The molecule has 0 heterocycles. The van der Waals surface area contributed by atoms with E-state index in [1.807, 2.05) is 0 Å². The van der Waals surface area contributed by atoms with Gasteiger partial charge in [0.05, 0.1) is 11.0 Å². The van der Waals surface area contributed by atoms with Crippen LogP contribution in [0.15, 0.2) is 30.2 Å². The summed E-state index contributed by atoms with van der Waals surface area (Å²) in [6.45, 7) is 2.17. The number of hydrogen-bond donors (Lipinski definition) is 0. The van der Waals surface area contributed by atoms with Crippen LogP contribution in [0, 0.1) is 29.3 Å². The maximum absolute atomic E-state index is 15.2. The predicted molar refractivity (Wildman–Crippen MR) is 116 cm³/mol. The van der Waals surface area contributed by atoms with Crippen molar-refractivity contribution in [2.24, 2.45) is 11.8 Å². The summed E-state index contributed by atoms with van der Waals surface area (Å²) in [5.74, 6) is -5.37. The molecule has 0 amide bonds. The Balaban J connectivity index is 1.81. The van der Waals surface area contributed by atoms with E-state index in [1.165, 1.54) is 25.7 Å². The Hall–Kier alpha value is -2.18. The topological polar surface area (TPSA) is 9.23 Å². The van der Waals surface area contributed by atoms with E-state index in [2.05, 4.69) is 11.7 Å². The van der Waals surface area contributed by atoms with Gasteiger partial charge in [-0.25, -0.2) is 13.2 Å². The molecule has 1 aliphatic carbocycles. The number of unbranched alkanes of at least 4 members (excludes halogenated alkanes) is 2. The van der Waals surface area contributed by atoms with Gasteiger partial charge in [-0.2, -0.15) is 0 Å². The fraction of sp³-hybridized carbons (Fsp3) is 0.538. The highest BCUT2D eigenvalue weighted by Crippen LogP contribution is 2.36. The molecule has 0 unspecified atom stereocenters. The molecule has 7 heteroatoms. The summed E-state index contributed by atoms with van der Waals surface area (Å²) in [6.07, 6.45) is 4.55. The Morgan fingerprint density at radius 1 is 0.909 bits per heavy atom. The van der Waals surface area contributed by atoms with Crippen LogP contribution in [0.25, 0.3) is 11.1 Å². The van der Waals surface area contributed by atoms with Crippen molar-refractivity contribution < 1.29 is 36.6 Å². The predicted octanol–water partition coefficient (Wildman–Crippen LogP) is 8.99. The molecule has 0 saturated heterocycles. The highest BCUT2D eigenvalue weighted by Gasteiger charge is 2.32. The van der Waals surface area contributed by atoms with Crippen LogP contribution < -0.4 is 4.74 Å². The van der Waals surface area contributed by atoms with E-state index in [4.69, 9.17) is 5.48 Å². The molecule has 3 rings (SSSR count). The van der Waals surface area contributed by atoms with E-state index in [0.29, 0.717) is 18.3 Å². The zero-order chi connectivity index (χ0) is 27.5. The minimum atomic E-state index is -5.40. The number of hydrogen-bond acceptors (Lipinski definition) is 1. The minimum absolute atomic E-state index is 0.0745. The quantitative estimate of drug-likeness (QED) is 0.259. The number of rotatable bonds is 9. The SMILES string of the molecule is [2H]c1c(CCC2CCC(CCCCC)CC2)cc(F)c(-c2c([2H])c([2H])c(OC(F)(F)F)c(F)c2[2H])c1F. The molecule has 0 spiro atoms. The fourth-order valence-electron chi connectivity index (χ4n) is 4.47. The van der Waals surface area contributed by atoms with Gasteiger partial charge >= 0.3 is 6.36 Å². The van der Waals surface area contributed by atoms with Gasteiger partial charge in [-0.15, -0.1) is 13.2 Å². The zero-order valence-electron chi connectivity index (χ0n) is 22.5. The molecular weight excluding hydrogens is 442 g/mol. The van der Waals surface area contributed by atoms with E-state index in [0.717, 1.165) is 31.7 Å². The molecule has 0 bridgehead atoms. The molecule has 0 aliphatic heterocycles. The first-order valence-corrected chi connectivity index (χ1v) is 11.4. The molecule has 1 aliphatic rings. The summed E-state index contributed by atoms with van der Waals surface area (Å²) in [4.78, 5) is 0. The van der Waals surface area contributed by atoms with Crippen molar-refractivity contribution >= 4 is 0 Å².